The van der Waals surface area contributed by atoms with Gasteiger partial charge in [-0.1, -0.05) is 0 Å². The van der Waals surface area contributed by atoms with Crippen LogP contribution >= 0.6 is 11.3 Å². The van der Waals surface area contributed by atoms with Crippen LogP contribution in [0.2, 0.25) is 0 Å². The SMILES string of the molecule is Nc1csc2ncnc(C3CC3)c12. The summed E-state index contributed by atoms with van der Waals surface area (Å²) >= 11 is 1.60. The number of nitrogens with two attached hydrogens (primary N) is 1. The number of anilines is 1. The zero-order valence-corrected chi connectivity index (χ0v) is 7.84. The summed E-state index contributed by atoms with van der Waals surface area (Å²) in [6.45, 7) is 0. The molecule has 0 radical (unpaired) electrons. The maximum absolute atomic E-state index is 5.87. The molecular weight excluding hydrogens is 182 g/mol. The molecule has 3 rings (SSSR count). The largest absolute Gasteiger partial charge is 0.397 e. The Kier molecular flexibility index (Phi) is 1.35. The van der Waals surface area contributed by atoms with Crippen molar-refractivity contribution in [1.82, 2.24) is 9.97 Å². The van der Waals surface area contributed by atoms with E-state index in [1.807, 2.05) is 5.38 Å². The molecule has 0 spiro atoms. The van der Waals surface area contributed by atoms with Crippen molar-refractivity contribution >= 4 is 27.2 Å². The minimum absolute atomic E-state index is 0.641. The average molecular weight is 191 g/mol. The molecule has 0 bridgehead atoms. The molecule has 0 amide bonds. The van der Waals surface area contributed by atoms with Crippen LogP contribution < -0.4 is 5.73 Å². The second kappa shape index (κ2) is 2.42. The lowest BCUT2D eigenvalue weighted by atomic mass is 10.2. The summed E-state index contributed by atoms with van der Waals surface area (Å²) in [7, 11) is 0. The number of fused-ring (bicyclic) bond motifs is 1. The van der Waals surface area contributed by atoms with Crippen LogP contribution in [-0.4, -0.2) is 9.97 Å². The van der Waals surface area contributed by atoms with Gasteiger partial charge in [0.05, 0.1) is 16.8 Å². The highest BCUT2D eigenvalue weighted by Crippen LogP contribution is 2.43. The topological polar surface area (TPSA) is 51.8 Å². The van der Waals surface area contributed by atoms with Crippen LogP contribution in [0.15, 0.2) is 11.7 Å². The van der Waals surface area contributed by atoms with Gasteiger partial charge in [0.2, 0.25) is 0 Å². The fraction of sp³-hybridized carbons (Fsp3) is 0.333. The minimum atomic E-state index is 0.641. The van der Waals surface area contributed by atoms with Crippen molar-refractivity contribution < 1.29 is 0 Å². The Morgan fingerprint density at radius 1 is 1.38 bits per heavy atom. The van der Waals surface area contributed by atoms with E-state index < -0.39 is 0 Å². The predicted molar refractivity (Wildman–Crippen MR) is 53.8 cm³/mol. The van der Waals surface area contributed by atoms with Crippen LogP contribution in [0.3, 0.4) is 0 Å². The Morgan fingerprint density at radius 3 is 3.00 bits per heavy atom. The Balaban J connectivity index is 2.36. The molecule has 3 nitrogen and oxygen atoms in total. The summed E-state index contributed by atoms with van der Waals surface area (Å²) < 4.78 is 0. The maximum Gasteiger partial charge on any atom is 0.129 e. The third-order valence-corrected chi connectivity index (χ3v) is 3.30. The van der Waals surface area contributed by atoms with E-state index in [1.165, 1.54) is 12.8 Å². The lowest BCUT2D eigenvalue weighted by molar-refractivity contribution is 1.02. The number of hydrogen-bond donors (Lipinski definition) is 1. The Bertz CT molecular complexity index is 459. The molecule has 2 aromatic heterocycles. The van der Waals surface area contributed by atoms with E-state index in [4.69, 9.17) is 5.73 Å². The Labute approximate surface area is 79.6 Å². The summed E-state index contributed by atoms with van der Waals surface area (Å²) in [4.78, 5) is 9.54. The molecule has 66 valence electrons. The van der Waals surface area contributed by atoms with Crippen molar-refractivity contribution in [3.05, 3.63) is 17.4 Å². The van der Waals surface area contributed by atoms with Gasteiger partial charge in [0.1, 0.15) is 11.2 Å². The molecule has 1 aliphatic carbocycles. The molecule has 4 heteroatoms. The van der Waals surface area contributed by atoms with Crippen LogP contribution in [0.5, 0.6) is 0 Å². The van der Waals surface area contributed by atoms with Gasteiger partial charge in [0.25, 0.3) is 0 Å². The molecule has 13 heavy (non-hydrogen) atoms. The molecule has 0 saturated heterocycles. The van der Waals surface area contributed by atoms with Crippen LogP contribution in [0.1, 0.15) is 24.5 Å². The highest BCUT2D eigenvalue weighted by molar-refractivity contribution is 7.17. The van der Waals surface area contributed by atoms with Crippen molar-refractivity contribution in [2.75, 3.05) is 5.73 Å². The van der Waals surface area contributed by atoms with E-state index in [9.17, 15) is 0 Å². The quantitative estimate of drug-likeness (QED) is 0.751. The molecule has 0 atom stereocenters. The monoisotopic (exact) mass is 191 g/mol. The standard InChI is InChI=1S/C9H9N3S/c10-6-3-13-9-7(6)8(5-1-2-5)11-4-12-9/h3-5H,1-2,10H2. The first-order valence-corrected chi connectivity index (χ1v) is 5.22. The second-order valence-corrected chi connectivity index (χ2v) is 4.26. The number of hydrogen-bond acceptors (Lipinski definition) is 4. The summed E-state index contributed by atoms with van der Waals surface area (Å²) in [6, 6.07) is 0. The molecule has 0 aromatic carbocycles. The molecule has 2 aromatic rings. The third kappa shape index (κ3) is 1.02. The smallest absolute Gasteiger partial charge is 0.129 e. The zero-order valence-electron chi connectivity index (χ0n) is 7.03. The molecule has 1 saturated carbocycles. The van der Waals surface area contributed by atoms with Gasteiger partial charge in [-0.2, -0.15) is 0 Å². The van der Waals surface area contributed by atoms with Gasteiger partial charge < -0.3 is 5.73 Å². The first-order chi connectivity index (χ1) is 6.36. The van der Waals surface area contributed by atoms with Crippen LogP contribution in [-0.2, 0) is 0 Å². The van der Waals surface area contributed by atoms with Crippen LogP contribution in [0.4, 0.5) is 5.69 Å². The molecular formula is C9H9N3S. The molecule has 2 N–H and O–H groups in total. The van der Waals surface area contributed by atoms with E-state index >= 15 is 0 Å². The first-order valence-electron chi connectivity index (χ1n) is 4.34. The molecule has 0 unspecified atom stereocenters. The van der Waals surface area contributed by atoms with E-state index in [-0.39, 0.29) is 0 Å². The second-order valence-electron chi connectivity index (χ2n) is 3.40. The Hall–Kier alpha value is -1.16. The van der Waals surface area contributed by atoms with Gasteiger partial charge in [-0.05, 0) is 12.8 Å². The van der Waals surface area contributed by atoms with Crippen molar-refractivity contribution in [3.8, 4) is 0 Å². The number of nitrogen functional groups attached to an aromatic ring is 1. The summed E-state index contributed by atoms with van der Waals surface area (Å²) in [6.07, 6.45) is 4.15. The Morgan fingerprint density at radius 2 is 2.23 bits per heavy atom. The first kappa shape index (κ1) is 7.26. The van der Waals surface area contributed by atoms with E-state index in [0.717, 1.165) is 21.6 Å². The van der Waals surface area contributed by atoms with Crippen molar-refractivity contribution in [3.63, 3.8) is 0 Å². The normalized spacial score (nSPS) is 16.6. The lowest BCUT2D eigenvalue weighted by Gasteiger charge is -1.98. The van der Waals surface area contributed by atoms with Crippen molar-refractivity contribution in [1.29, 1.82) is 0 Å². The average Bonchev–Trinajstić information content (AvgIpc) is 2.92. The number of nitrogens with zero attached hydrogens (tertiary/aromatic N) is 2. The third-order valence-electron chi connectivity index (χ3n) is 2.39. The van der Waals surface area contributed by atoms with Crippen molar-refractivity contribution in [2.24, 2.45) is 0 Å². The summed E-state index contributed by atoms with van der Waals surface area (Å²) in [5.41, 5.74) is 7.86. The fourth-order valence-electron chi connectivity index (χ4n) is 1.59. The van der Waals surface area contributed by atoms with Crippen LogP contribution in [0, 0.1) is 0 Å². The van der Waals surface area contributed by atoms with Gasteiger partial charge in [-0.3, -0.25) is 0 Å². The summed E-state index contributed by atoms with van der Waals surface area (Å²) in [5.74, 6) is 0.641. The molecule has 1 aliphatic rings. The predicted octanol–water partition coefficient (Wildman–Crippen LogP) is 2.15. The highest BCUT2D eigenvalue weighted by atomic mass is 32.1. The maximum atomic E-state index is 5.87. The lowest BCUT2D eigenvalue weighted by Crippen LogP contribution is -1.91. The highest BCUT2D eigenvalue weighted by Gasteiger charge is 2.28. The van der Waals surface area contributed by atoms with E-state index in [1.54, 1.807) is 17.7 Å². The van der Waals surface area contributed by atoms with Gasteiger partial charge in [-0.15, -0.1) is 11.3 Å². The van der Waals surface area contributed by atoms with Gasteiger partial charge in [-0.25, -0.2) is 9.97 Å². The number of thiophene rings is 1. The van der Waals surface area contributed by atoms with E-state index in [0.29, 0.717) is 5.92 Å². The summed E-state index contributed by atoms with van der Waals surface area (Å²) in [5, 5.41) is 3.04. The molecule has 1 fully saturated rings. The number of rotatable bonds is 1. The van der Waals surface area contributed by atoms with Gasteiger partial charge in [0.15, 0.2) is 0 Å². The van der Waals surface area contributed by atoms with E-state index in [2.05, 4.69) is 9.97 Å². The molecule has 2 heterocycles. The van der Waals surface area contributed by atoms with Gasteiger partial charge >= 0.3 is 0 Å². The van der Waals surface area contributed by atoms with Crippen molar-refractivity contribution in [2.45, 2.75) is 18.8 Å². The van der Waals surface area contributed by atoms with Crippen LogP contribution in [0.25, 0.3) is 10.2 Å². The molecule has 0 aliphatic heterocycles. The zero-order chi connectivity index (χ0) is 8.84. The van der Waals surface area contributed by atoms with Gasteiger partial charge in [0, 0.05) is 11.3 Å². The number of aromatic nitrogens is 2. The minimum Gasteiger partial charge on any atom is -0.397 e. The fourth-order valence-corrected chi connectivity index (χ4v) is 2.39.